The van der Waals surface area contributed by atoms with Gasteiger partial charge in [0.2, 0.25) is 0 Å². The number of benzene rings is 1. The molecule has 1 aromatic carbocycles. The number of guanidine groups is 1. The van der Waals surface area contributed by atoms with Crippen LogP contribution in [0.25, 0.3) is 0 Å². The van der Waals surface area contributed by atoms with Crippen LogP contribution in [0.3, 0.4) is 0 Å². The molecule has 0 radical (unpaired) electrons. The van der Waals surface area contributed by atoms with Crippen LogP contribution in [-0.2, 0) is 6.42 Å². The van der Waals surface area contributed by atoms with E-state index >= 15 is 0 Å². The fourth-order valence-electron chi connectivity index (χ4n) is 2.72. The Balaban J connectivity index is 0.00000312. The Morgan fingerprint density at radius 3 is 2.36 bits per heavy atom. The van der Waals surface area contributed by atoms with E-state index in [-0.39, 0.29) is 24.0 Å². The lowest BCUT2D eigenvalue weighted by Crippen LogP contribution is -2.40. The summed E-state index contributed by atoms with van der Waals surface area (Å²) in [7, 11) is 1.81. The Morgan fingerprint density at radius 2 is 1.76 bits per heavy atom. The standard InChI is InChI=1S/C20H28N4.HI/c1-16(2)19(17-9-5-4-6-10-17)15-24-20(21-3)23-14-12-18-11-7-8-13-22-18;/h4-11,13,16,19H,12,14-15H2,1-3H3,(H2,21,23,24);1H. The molecule has 2 rings (SSSR count). The largest absolute Gasteiger partial charge is 0.356 e. The molecular formula is C20H29IN4. The maximum atomic E-state index is 4.34. The molecule has 5 heteroatoms. The molecule has 0 spiro atoms. The molecule has 0 aliphatic carbocycles. The van der Waals surface area contributed by atoms with Crippen LogP contribution in [0.15, 0.2) is 59.7 Å². The number of nitrogens with one attached hydrogen (secondary N) is 2. The van der Waals surface area contributed by atoms with Crippen molar-refractivity contribution < 1.29 is 0 Å². The maximum absolute atomic E-state index is 4.34. The molecule has 0 fully saturated rings. The summed E-state index contributed by atoms with van der Waals surface area (Å²) in [4.78, 5) is 8.66. The highest BCUT2D eigenvalue weighted by Gasteiger charge is 2.15. The second kappa shape index (κ2) is 11.8. The molecule has 1 aromatic heterocycles. The van der Waals surface area contributed by atoms with E-state index in [2.05, 4.69) is 64.8 Å². The van der Waals surface area contributed by atoms with E-state index in [1.807, 2.05) is 31.4 Å². The smallest absolute Gasteiger partial charge is 0.191 e. The third kappa shape index (κ3) is 7.42. The molecule has 136 valence electrons. The molecule has 0 amide bonds. The summed E-state index contributed by atoms with van der Waals surface area (Å²) >= 11 is 0. The number of rotatable bonds is 7. The summed E-state index contributed by atoms with van der Waals surface area (Å²) in [6, 6.07) is 16.7. The second-order valence-electron chi connectivity index (χ2n) is 6.21. The van der Waals surface area contributed by atoms with Gasteiger partial charge >= 0.3 is 0 Å². The van der Waals surface area contributed by atoms with Crippen LogP contribution in [0, 0.1) is 5.92 Å². The van der Waals surface area contributed by atoms with E-state index in [4.69, 9.17) is 0 Å². The topological polar surface area (TPSA) is 49.3 Å². The minimum atomic E-state index is 0. The van der Waals surface area contributed by atoms with Crippen LogP contribution in [0.4, 0.5) is 0 Å². The minimum Gasteiger partial charge on any atom is -0.356 e. The third-order valence-electron chi connectivity index (χ3n) is 4.15. The van der Waals surface area contributed by atoms with E-state index in [0.29, 0.717) is 11.8 Å². The molecule has 0 aliphatic rings. The number of aliphatic imine (C=N–C) groups is 1. The number of nitrogens with zero attached hydrogens (tertiary/aromatic N) is 2. The van der Waals surface area contributed by atoms with Gasteiger partial charge in [0.1, 0.15) is 0 Å². The van der Waals surface area contributed by atoms with E-state index in [1.165, 1.54) is 5.56 Å². The lowest BCUT2D eigenvalue weighted by atomic mass is 9.88. The Labute approximate surface area is 168 Å². The van der Waals surface area contributed by atoms with Gasteiger partial charge in [-0.15, -0.1) is 24.0 Å². The highest BCUT2D eigenvalue weighted by molar-refractivity contribution is 14.0. The van der Waals surface area contributed by atoms with Crippen LogP contribution >= 0.6 is 24.0 Å². The molecule has 0 saturated heterocycles. The van der Waals surface area contributed by atoms with Crippen molar-refractivity contribution in [2.45, 2.75) is 26.2 Å². The van der Waals surface area contributed by atoms with Gasteiger partial charge in [-0.2, -0.15) is 0 Å². The predicted molar refractivity (Wildman–Crippen MR) is 117 cm³/mol. The zero-order valence-corrected chi connectivity index (χ0v) is 17.6. The molecule has 2 N–H and O–H groups in total. The van der Waals surface area contributed by atoms with E-state index in [9.17, 15) is 0 Å². The monoisotopic (exact) mass is 452 g/mol. The van der Waals surface area contributed by atoms with E-state index < -0.39 is 0 Å². The Hall–Kier alpha value is -1.63. The zero-order chi connectivity index (χ0) is 17.2. The highest BCUT2D eigenvalue weighted by Crippen LogP contribution is 2.23. The van der Waals surface area contributed by atoms with Crippen molar-refractivity contribution >= 4 is 29.9 Å². The summed E-state index contributed by atoms with van der Waals surface area (Å²) in [5.74, 6) is 1.86. The van der Waals surface area contributed by atoms with Crippen molar-refractivity contribution in [3.05, 3.63) is 66.0 Å². The van der Waals surface area contributed by atoms with E-state index in [1.54, 1.807) is 0 Å². The minimum absolute atomic E-state index is 0. The van der Waals surface area contributed by atoms with Gasteiger partial charge in [0.15, 0.2) is 5.96 Å². The second-order valence-corrected chi connectivity index (χ2v) is 6.21. The molecule has 0 saturated carbocycles. The first kappa shape index (κ1) is 21.4. The first-order chi connectivity index (χ1) is 11.7. The fourth-order valence-corrected chi connectivity index (χ4v) is 2.72. The van der Waals surface area contributed by atoms with Crippen LogP contribution in [0.5, 0.6) is 0 Å². The molecule has 1 unspecified atom stereocenters. The van der Waals surface area contributed by atoms with Crippen molar-refractivity contribution in [1.29, 1.82) is 0 Å². The van der Waals surface area contributed by atoms with Gasteiger partial charge in [-0.25, -0.2) is 0 Å². The van der Waals surface area contributed by atoms with Gasteiger partial charge < -0.3 is 10.6 Å². The zero-order valence-electron chi connectivity index (χ0n) is 15.3. The van der Waals surface area contributed by atoms with Crippen LogP contribution in [0.2, 0.25) is 0 Å². The van der Waals surface area contributed by atoms with Gasteiger partial charge in [0.05, 0.1) is 0 Å². The summed E-state index contributed by atoms with van der Waals surface area (Å²) < 4.78 is 0. The fraction of sp³-hybridized carbons (Fsp3) is 0.400. The molecule has 0 bridgehead atoms. The van der Waals surface area contributed by atoms with Crippen molar-refractivity contribution in [2.24, 2.45) is 10.9 Å². The van der Waals surface area contributed by atoms with Crippen molar-refractivity contribution in [3.8, 4) is 0 Å². The van der Waals surface area contributed by atoms with Crippen LogP contribution in [-0.4, -0.2) is 31.1 Å². The van der Waals surface area contributed by atoms with E-state index in [0.717, 1.165) is 31.2 Å². The Kier molecular flexibility index (Phi) is 10.1. The Morgan fingerprint density at radius 1 is 1.04 bits per heavy atom. The van der Waals surface area contributed by atoms with Crippen molar-refractivity contribution in [3.63, 3.8) is 0 Å². The van der Waals surface area contributed by atoms with Gasteiger partial charge in [0, 0.05) is 44.4 Å². The number of aromatic nitrogens is 1. The first-order valence-corrected chi connectivity index (χ1v) is 8.60. The lowest BCUT2D eigenvalue weighted by molar-refractivity contribution is 0.488. The molecular weight excluding hydrogens is 423 g/mol. The summed E-state index contributed by atoms with van der Waals surface area (Å²) in [6.07, 6.45) is 2.71. The number of pyridine rings is 1. The normalized spacial score (nSPS) is 12.4. The number of halogens is 1. The maximum Gasteiger partial charge on any atom is 0.191 e. The summed E-state index contributed by atoms with van der Waals surface area (Å²) in [6.45, 7) is 6.20. The van der Waals surface area contributed by atoms with Crippen molar-refractivity contribution in [1.82, 2.24) is 15.6 Å². The average Bonchev–Trinajstić information content (AvgIpc) is 2.62. The van der Waals surface area contributed by atoms with Crippen LogP contribution in [0.1, 0.15) is 31.0 Å². The highest BCUT2D eigenvalue weighted by atomic mass is 127. The number of hydrogen-bond acceptors (Lipinski definition) is 2. The average molecular weight is 452 g/mol. The van der Waals surface area contributed by atoms with Gasteiger partial charge in [-0.05, 0) is 23.6 Å². The Bertz CT molecular complexity index is 614. The van der Waals surface area contributed by atoms with Crippen molar-refractivity contribution in [2.75, 3.05) is 20.1 Å². The number of hydrogen-bond donors (Lipinski definition) is 2. The van der Waals surface area contributed by atoms with Crippen LogP contribution < -0.4 is 10.6 Å². The summed E-state index contributed by atoms with van der Waals surface area (Å²) in [5.41, 5.74) is 2.45. The molecule has 25 heavy (non-hydrogen) atoms. The molecule has 2 aromatic rings. The molecule has 4 nitrogen and oxygen atoms in total. The van der Waals surface area contributed by atoms with Gasteiger partial charge in [0.25, 0.3) is 0 Å². The quantitative estimate of drug-likeness (QED) is 0.381. The SMILES string of the molecule is CN=C(NCCc1ccccn1)NCC(c1ccccc1)C(C)C.I. The third-order valence-corrected chi connectivity index (χ3v) is 4.15. The molecule has 1 heterocycles. The molecule has 0 aliphatic heterocycles. The molecule has 1 atom stereocenters. The summed E-state index contributed by atoms with van der Waals surface area (Å²) in [5, 5.41) is 6.82. The first-order valence-electron chi connectivity index (χ1n) is 8.60. The lowest BCUT2D eigenvalue weighted by Gasteiger charge is -2.23. The van der Waals surface area contributed by atoms with Gasteiger partial charge in [-0.1, -0.05) is 50.2 Å². The van der Waals surface area contributed by atoms with Gasteiger partial charge in [-0.3, -0.25) is 9.98 Å². The predicted octanol–water partition coefficient (Wildman–Crippen LogP) is 3.85.